The number of ether oxygens (including phenoxy) is 2. The summed E-state index contributed by atoms with van der Waals surface area (Å²) in [6, 6.07) is 0. The van der Waals surface area contributed by atoms with Crippen LogP contribution in [0.4, 0.5) is 0 Å². The summed E-state index contributed by atoms with van der Waals surface area (Å²) >= 11 is 0. The molecule has 0 saturated carbocycles. The first-order valence-electron chi connectivity index (χ1n) is 7.68. The van der Waals surface area contributed by atoms with Gasteiger partial charge in [0, 0.05) is 13.1 Å². The molecule has 0 radical (unpaired) electrons. The first kappa shape index (κ1) is 19.5. The van der Waals surface area contributed by atoms with Crippen molar-refractivity contribution in [2.24, 2.45) is 0 Å². The Morgan fingerprint density at radius 1 is 0.654 bits per heavy atom. The Hall–Kier alpha value is -2.86. The number of rotatable bonds is 9. The zero-order chi connectivity index (χ0) is 19.1. The van der Waals surface area contributed by atoms with Gasteiger partial charge in [0.05, 0.1) is 26.2 Å². The van der Waals surface area contributed by atoms with Crippen molar-refractivity contribution in [3.05, 3.63) is 0 Å². The van der Waals surface area contributed by atoms with Crippen molar-refractivity contribution >= 4 is 36.6 Å². The molecule has 2 saturated heterocycles. The van der Waals surface area contributed by atoms with E-state index < -0.39 is 37.1 Å². The zero-order valence-electron chi connectivity index (χ0n) is 13.9. The van der Waals surface area contributed by atoms with Gasteiger partial charge in [-0.1, -0.05) is 0 Å². The second-order valence-corrected chi connectivity index (χ2v) is 5.64. The number of imide groups is 2. The van der Waals surface area contributed by atoms with Crippen LogP contribution in [0.5, 0.6) is 0 Å². The molecule has 12 nitrogen and oxygen atoms in total. The maximum atomic E-state index is 11.9. The molecule has 0 aromatic rings. The molecule has 2 aliphatic rings. The molecule has 0 N–H and O–H groups in total. The van der Waals surface area contributed by atoms with Crippen molar-refractivity contribution in [3.63, 3.8) is 0 Å². The molecule has 0 aromatic heterocycles. The topological polar surface area (TPSA) is 134 Å². The average Bonchev–Trinajstić information content (AvgIpc) is 2.58. The van der Waals surface area contributed by atoms with Gasteiger partial charge < -0.3 is 9.47 Å². The lowest BCUT2D eigenvalue weighted by atomic mass is 10.2. The van der Waals surface area contributed by atoms with Gasteiger partial charge in [0.15, 0.2) is 13.5 Å². The summed E-state index contributed by atoms with van der Waals surface area (Å²) in [5.74, 6) is -1.98. The molecule has 4 amide bonds. The van der Waals surface area contributed by atoms with Gasteiger partial charge in [0.1, 0.15) is 0 Å². The summed E-state index contributed by atoms with van der Waals surface area (Å²) in [5.41, 5.74) is 0. The van der Waals surface area contributed by atoms with E-state index in [0.717, 1.165) is 9.80 Å². The van der Waals surface area contributed by atoms with E-state index in [4.69, 9.17) is 0 Å². The Morgan fingerprint density at radius 3 is 1.23 bits per heavy atom. The summed E-state index contributed by atoms with van der Waals surface area (Å²) < 4.78 is 8.86. The third-order valence-corrected chi connectivity index (χ3v) is 3.92. The SMILES string of the molecule is O=COCN1C(=O)CN(CCN2CC(=O)N(COC=O)C(=O)C2)CC1=O. The van der Waals surface area contributed by atoms with Gasteiger partial charge in [0.25, 0.3) is 12.9 Å². The van der Waals surface area contributed by atoms with Crippen LogP contribution in [0.15, 0.2) is 0 Å². The summed E-state index contributed by atoms with van der Waals surface area (Å²) in [7, 11) is 0. The van der Waals surface area contributed by atoms with E-state index in [1.165, 1.54) is 0 Å². The third kappa shape index (κ3) is 4.83. The lowest BCUT2D eigenvalue weighted by Gasteiger charge is -2.35. The van der Waals surface area contributed by atoms with Gasteiger partial charge in [-0.2, -0.15) is 0 Å². The van der Waals surface area contributed by atoms with Crippen molar-refractivity contribution < 1.29 is 38.2 Å². The monoisotopic (exact) mass is 370 g/mol. The molecule has 2 fully saturated rings. The normalized spacial score (nSPS) is 19.7. The van der Waals surface area contributed by atoms with E-state index in [0.29, 0.717) is 13.1 Å². The fraction of sp³-hybridized carbons (Fsp3) is 0.571. The molecule has 142 valence electrons. The third-order valence-electron chi connectivity index (χ3n) is 3.92. The molecule has 12 heteroatoms. The van der Waals surface area contributed by atoms with Crippen LogP contribution >= 0.6 is 0 Å². The average molecular weight is 370 g/mol. The van der Waals surface area contributed by atoms with E-state index in [2.05, 4.69) is 9.47 Å². The molecule has 0 aromatic carbocycles. The maximum Gasteiger partial charge on any atom is 0.294 e. The standard InChI is InChI=1S/C14H18N4O8/c19-9-25-7-17-11(21)3-15(4-12(17)22)1-2-16-5-13(23)18(8-26-10-20)14(24)6-16/h9-10H,1-8H2. The highest BCUT2D eigenvalue weighted by Crippen LogP contribution is 2.08. The highest BCUT2D eigenvalue weighted by Gasteiger charge is 2.34. The molecule has 2 rings (SSSR count). The minimum atomic E-state index is -0.494. The Balaban J connectivity index is 1.81. The lowest BCUT2D eigenvalue weighted by molar-refractivity contribution is -0.163. The Kier molecular flexibility index (Phi) is 6.74. The van der Waals surface area contributed by atoms with Crippen molar-refractivity contribution in [1.82, 2.24) is 19.6 Å². The number of amides is 4. The summed E-state index contributed by atoms with van der Waals surface area (Å²) in [5, 5.41) is 0. The fourth-order valence-corrected chi connectivity index (χ4v) is 2.59. The molecular formula is C14H18N4O8. The van der Waals surface area contributed by atoms with Crippen LogP contribution in [0.25, 0.3) is 0 Å². The minimum Gasteiger partial charge on any atom is -0.446 e. The molecule has 2 aliphatic heterocycles. The predicted octanol–water partition coefficient (Wildman–Crippen LogP) is -3.41. The molecule has 0 unspecified atom stereocenters. The Labute approximate surface area is 148 Å². The number of piperazine rings is 2. The predicted molar refractivity (Wildman–Crippen MR) is 80.6 cm³/mol. The number of hydrogen-bond donors (Lipinski definition) is 0. The second-order valence-electron chi connectivity index (χ2n) is 5.64. The summed E-state index contributed by atoms with van der Waals surface area (Å²) in [4.78, 5) is 72.9. The largest absolute Gasteiger partial charge is 0.446 e. The van der Waals surface area contributed by atoms with E-state index in [9.17, 15) is 28.8 Å². The van der Waals surface area contributed by atoms with Crippen LogP contribution in [0.3, 0.4) is 0 Å². The van der Waals surface area contributed by atoms with Crippen LogP contribution in [0.1, 0.15) is 0 Å². The minimum absolute atomic E-state index is 0.0387. The smallest absolute Gasteiger partial charge is 0.294 e. The zero-order valence-corrected chi connectivity index (χ0v) is 13.9. The van der Waals surface area contributed by atoms with Crippen LogP contribution < -0.4 is 0 Å². The lowest BCUT2D eigenvalue weighted by Crippen LogP contribution is -2.58. The first-order valence-corrected chi connectivity index (χ1v) is 7.68. The van der Waals surface area contributed by atoms with Crippen LogP contribution in [-0.2, 0) is 38.2 Å². The maximum absolute atomic E-state index is 11.9. The van der Waals surface area contributed by atoms with Crippen LogP contribution in [0.2, 0.25) is 0 Å². The van der Waals surface area contributed by atoms with Gasteiger partial charge in [-0.3, -0.25) is 38.6 Å². The molecule has 0 atom stereocenters. The fourth-order valence-electron chi connectivity index (χ4n) is 2.59. The summed E-state index contributed by atoms with van der Waals surface area (Å²) in [6.07, 6.45) is 0. The van der Waals surface area contributed by atoms with Gasteiger partial charge in [-0.05, 0) is 0 Å². The quantitative estimate of drug-likeness (QED) is 0.298. The van der Waals surface area contributed by atoms with Gasteiger partial charge in [-0.25, -0.2) is 9.80 Å². The van der Waals surface area contributed by atoms with Crippen molar-refractivity contribution in [2.45, 2.75) is 0 Å². The van der Waals surface area contributed by atoms with Gasteiger partial charge in [0.2, 0.25) is 23.6 Å². The molecule has 0 spiro atoms. The van der Waals surface area contributed by atoms with E-state index in [1.54, 1.807) is 9.80 Å². The number of nitrogens with zero attached hydrogens (tertiary/aromatic N) is 4. The van der Waals surface area contributed by atoms with E-state index >= 15 is 0 Å². The number of hydrogen-bond acceptors (Lipinski definition) is 10. The Bertz CT molecular complexity index is 522. The highest BCUT2D eigenvalue weighted by molar-refractivity contribution is 6.00. The number of carbonyl (C=O) groups excluding carboxylic acids is 6. The Morgan fingerprint density at radius 2 is 0.962 bits per heavy atom. The molecule has 0 bridgehead atoms. The number of carbonyl (C=O) groups is 6. The van der Waals surface area contributed by atoms with Crippen molar-refractivity contribution in [1.29, 1.82) is 0 Å². The van der Waals surface area contributed by atoms with Gasteiger partial charge in [-0.15, -0.1) is 0 Å². The van der Waals surface area contributed by atoms with Crippen LogP contribution in [0, 0.1) is 0 Å². The van der Waals surface area contributed by atoms with Crippen LogP contribution in [-0.4, -0.2) is 109 Å². The molecule has 2 heterocycles. The van der Waals surface area contributed by atoms with Crippen molar-refractivity contribution in [2.75, 3.05) is 52.7 Å². The van der Waals surface area contributed by atoms with E-state index in [-0.39, 0.29) is 39.1 Å². The highest BCUT2D eigenvalue weighted by atomic mass is 16.5. The molecule has 0 aliphatic carbocycles. The second kappa shape index (κ2) is 9.01. The summed E-state index contributed by atoms with van der Waals surface area (Å²) in [6.45, 7) is -0.0817. The van der Waals surface area contributed by atoms with Gasteiger partial charge >= 0.3 is 0 Å². The molecule has 26 heavy (non-hydrogen) atoms. The van der Waals surface area contributed by atoms with Crippen molar-refractivity contribution in [3.8, 4) is 0 Å². The molecular weight excluding hydrogens is 352 g/mol. The van der Waals surface area contributed by atoms with E-state index in [1.807, 2.05) is 0 Å². The first-order chi connectivity index (χ1) is 12.5.